The lowest BCUT2D eigenvalue weighted by Crippen LogP contribution is -2.11. The van der Waals surface area contributed by atoms with Crippen LogP contribution in [0.3, 0.4) is 0 Å². The number of ether oxygens (including phenoxy) is 2. The van der Waals surface area contributed by atoms with Gasteiger partial charge in [-0.1, -0.05) is 15.9 Å². The van der Waals surface area contributed by atoms with Gasteiger partial charge >= 0.3 is 17.6 Å². The Morgan fingerprint density at radius 3 is 2.47 bits per heavy atom. The molecule has 0 N–H and O–H groups in total. The first-order valence-corrected chi connectivity index (χ1v) is 6.17. The molecular formula is C11H10BrNO6. The van der Waals surface area contributed by atoms with Crippen LogP contribution in [-0.4, -0.2) is 24.0 Å². The van der Waals surface area contributed by atoms with Crippen molar-refractivity contribution in [2.45, 2.75) is 12.3 Å². The Morgan fingerprint density at radius 2 is 2.05 bits per heavy atom. The molecule has 0 aliphatic rings. The third-order valence-corrected chi connectivity index (χ3v) is 2.78. The maximum Gasteiger partial charge on any atom is 0.338 e. The maximum absolute atomic E-state index is 11.6. The third-order valence-electron chi connectivity index (χ3n) is 2.22. The maximum atomic E-state index is 11.6. The number of esters is 2. The van der Waals surface area contributed by atoms with Crippen LogP contribution in [0.25, 0.3) is 0 Å². The number of nitro groups is 1. The second-order valence-corrected chi connectivity index (χ2v) is 3.98. The van der Waals surface area contributed by atoms with Crippen LogP contribution < -0.4 is 4.74 Å². The first-order chi connectivity index (χ1) is 8.92. The lowest BCUT2D eigenvalue weighted by atomic mass is 10.1. The van der Waals surface area contributed by atoms with Gasteiger partial charge in [0.1, 0.15) is 0 Å². The van der Waals surface area contributed by atoms with Gasteiger partial charge in [-0.2, -0.15) is 0 Å². The van der Waals surface area contributed by atoms with Gasteiger partial charge in [0.2, 0.25) is 5.75 Å². The van der Waals surface area contributed by atoms with Gasteiger partial charge in [0, 0.05) is 23.9 Å². The normalized spacial score (nSPS) is 9.84. The van der Waals surface area contributed by atoms with E-state index in [0.29, 0.717) is 0 Å². The monoisotopic (exact) mass is 331 g/mol. The van der Waals surface area contributed by atoms with Crippen molar-refractivity contribution in [3.05, 3.63) is 33.4 Å². The largest absolute Gasteiger partial charge is 0.465 e. The van der Waals surface area contributed by atoms with Crippen molar-refractivity contribution >= 4 is 33.6 Å². The molecule has 0 unspecified atom stereocenters. The van der Waals surface area contributed by atoms with Crippen LogP contribution in [0.5, 0.6) is 5.75 Å². The molecule has 102 valence electrons. The van der Waals surface area contributed by atoms with E-state index >= 15 is 0 Å². The van der Waals surface area contributed by atoms with E-state index in [2.05, 4.69) is 20.7 Å². The Bertz CT molecular complexity index is 542. The molecule has 0 bridgehead atoms. The predicted molar refractivity (Wildman–Crippen MR) is 68.4 cm³/mol. The Morgan fingerprint density at radius 1 is 1.42 bits per heavy atom. The zero-order chi connectivity index (χ0) is 14.6. The number of alkyl halides is 1. The van der Waals surface area contributed by atoms with Gasteiger partial charge in [-0.25, -0.2) is 4.79 Å². The number of nitrogens with zero attached hydrogens (tertiary/aromatic N) is 1. The molecule has 1 aromatic carbocycles. The smallest absolute Gasteiger partial charge is 0.338 e. The summed E-state index contributed by atoms with van der Waals surface area (Å²) in [4.78, 5) is 32.8. The average molecular weight is 332 g/mol. The number of carbonyl (C=O) groups excluding carboxylic acids is 2. The van der Waals surface area contributed by atoms with Crippen LogP contribution in [0.2, 0.25) is 0 Å². The Balaban J connectivity index is 3.53. The quantitative estimate of drug-likeness (QED) is 0.276. The summed E-state index contributed by atoms with van der Waals surface area (Å²) in [7, 11) is 1.19. The van der Waals surface area contributed by atoms with Gasteiger partial charge in [-0.05, 0) is 6.07 Å². The van der Waals surface area contributed by atoms with Crippen molar-refractivity contribution < 1.29 is 24.0 Å². The fourth-order valence-corrected chi connectivity index (χ4v) is 2.01. The van der Waals surface area contributed by atoms with Gasteiger partial charge in [0.25, 0.3) is 0 Å². The topological polar surface area (TPSA) is 95.7 Å². The number of halogens is 1. The first-order valence-electron chi connectivity index (χ1n) is 5.05. The number of nitro benzene ring substituents is 1. The molecule has 19 heavy (non-hydrogen) atoms. The van der Waals surface area contributed by atoms with Crippen LogP contribution in [0.4, 0.5) is 5.69 Å². The van der Waals surface area contributed by atoms with Gasteiger partial charge in [0.05, 0.1) is 17.6 Å². The Hall–Kier alpha value is -1.96. The Labute approximate surface area is 116 Å². The molecule has 0 fully saturated rings. The van der Waals surface area contributed by atoms with E-state index < -0.39 is 22.5 Å². The fourth-order valence-electron chi connectivity index (χ4n) is 1.45. The van der Waals surface area contributed by atoms with Gasteiger partial charge in [-0.15, -0.1) is 0 Å². The first kappa shape index (κ1) is 15.1. The second kappa shape index (κ2) is 6.28. The molecule has 0 aromatic heterocycles. The fraction of sp³-hybridized carbons (Fsp3) is 0.273. The van der Waals surface area contributed by atoms with E-state index in [1.165, 1.54) is 13.2 Å². The molecule has 7 nitrogen and oxygen atoms in total. The van der Waals surface area contributed by atoms with Gasteiger partial charge in [-0.3, -0.25) is 14.9 Å². The number of hydrogen-bond acceptors (Lipinski definition) is 6. The van der Waals surface area contributed by atoms with E-state index in [-0.39, 0.29) is 22.2 Å². The van der Waals surface area contributed by atoms with Gasteiger partial charge < -0.3 is 9.47 Å². The van der Waals surface area contributed by atoms with Crippen molar-refractivity contribution in [1.29, 1.82) is 0 Å². The molecule has 1 rings (SSSR count). The second-order valence-electron chi connectivity index (χ2n) is 3.42. The van der Waals surface area contributed by atoms with Crippen LogP contribution in [-0.2, 0) is 14.9 Å². The van der Waals surface area contributed by atoms with E-state index in [0.717, 1.165) is 13.0 Å². The van der Waals surface area contributed by atoms with E-state index in [1.807, 2.05) is 0 Å². The molecule has 0 amide bonds. The lowest BCUT2D eigenvalue weighted by molar-refractivity contribution is -0.385. The minimum atomic E-state index is -0.715. The third kappa shape index (κ3) is 3.28. The molecule has 8 heteroatoms. The van der Waals surface area contributed by atoms with Crippen molar-refractivity contribution in [2.24, 2.45) is 0 Å². The number of hydrogen-bond donors (Lipinski definition) is 0. The molecule has 1 aromatic rings. The molecule has 0 saturated carbocycles. The predicted octanol–water partition coefficient (Wildman–Crippen LogP) is 2.20. The highest BCUT2D eigenvalue weighted by atomic mass is 79.9. The van der Waals surface area contributed by atoms with Crippen LogP contribution in [0.15, 0.2) is 12.1 Å². The highest BCUT2D eigenvalue weighted by Crippen LogP contribution is 2.35. The molecule has 0 aliphatic heterocycles. The Kier molecular flexibility index (Phi) is 4.99. The zero-order valence-corrected chi connectivity index (χ0v) is 11.7. The highest BCUT2D eigenvalue weighted by molar-refractivity contribution is 9.08. The summed E-state index contributed by atoms with van der Waals surface area (Å²) in [6.45, 7) is 1.12. The summed E-state index contributed by atoms with van der Waals surface area (Å²) in [6.07, 6.45) is 0. The summed E-state index contributed by atoms with van der Waals surface area (Å²) in [6, 6.07) is 2.35. The SMILES string of the molecule is COC(=O)c1ccc([N+](=O)[O-])c(OC(C)=O)c1CBr. The van der Waals surface area contributed by atoms with Crippen LogP contribution in [0.1, 0.15) is 22.8 Å². The number of benzene rings is 1. The number of carbonyl (C=O) groups is 2. The molecule has 0 spiro atoms. The summed E-state index contributed by atoms with van der Waals surface area (Å²) in [5, 5.41) is 11.0. The van der Waals surface area contributed by atoms with Crippen molar-refractivity contribution in [3.63, 3.8) is 0 Å². The van der Waals surface area contributed by atoms with Crippen LogP contribution in [0, 0.1) is 10.1 Å². The standard InChI is InChI=1S/C11H10BrNO6/c1-6(14)19-10-8(5-12)7(11(15)18-2)3-4-9(10)13(16)17/h3-4H,5H2,1-2H3. The summed E-state index contributed by atoms with van der Waals surface area (Å²) in [5.41, 5.74) is -0.102. The molecule has 0 saturated heterocycles. The molecule has 0 heterocycles. The van der Waals surface area contributed by atoms with Crippen molar-refractivity contribution in [1.82, 2.24) is 0 Å². The minimum absolute atomic E-state index is 0.0984. The molecule has 0 atom stereocenters. The molecule has 0 aliphatic carbocycles. The van der Waals surface area contributed by atoms with E-state index in [4.69, 9.17) is 4.74 Å². The summed E-state index contributed by atoms with van der Waals surface area (Å²) >= 11 is 3.11. The van der Waals surface area contributed by atoms with E-state index in [9.17, 15) is 19.7 Å². The number of methoxy groups -OCH3 is 1. The zero-order valence-electron chi connectivity index (χ0n) is 10.1. The van der Waals surface area contributed by atoms with Crippen molar-refractivity contribution in [2.75, 3.05) is 7.11 Å². The average Bonchev–Trinajstić information content (AvgIpc) is 2.36. The van der Waals surface area contributed by atoms with Gasteiger partial charge in [0.15, 0.2) is 0 Å². The van der Waals surface area contributed by atoms with Crippen LogP contribution >= 0.6 is 15.9 Å². The molecular weight excluding hydrogens is 322 g/mol. The van der Waals surface area contributed by atoms with E-state index in [1.54, 1.807) is 0 Å². The highest BCUT2D eigenvalue weighted by Gasteiger charge is 2.26. The number of rotatable bonds is 4. The van der Waals surface area contributed by atoms with Crippen molar-refractivity contribution in [3.8, 4) is 5.75 Å². The summed E-state index contributed by atoms with van der Waals surface area (Å²) in [5.74, 6) is -1.64. The molecule has 0 radical (unpaired) electrons. The lowest BCUT2D eigenvalue weighted by Gasteiger charge is -2.11. The summed E-state index contributed by atoms with van der Waals surface area (Å²) < 4.78 is 9.41. The minimum Gasteiger partial charge on any atom is -0.465 e.